The Bertz CT molecular complexity index is 347. The van der Waals surface area contributed by atoms with Crippen LogP contribution in [0.2, 0.25) is 0 Å². The Hall–Kier alpha value is -1.18. The van der Waals surface area contributed by atoms with Crippen LogP contribution in [0.15, 0.2) is 18.2 Å². The lowest BCUT2D eigenvalue weighted by Crippen LogP contribution is -1.94. The Morgan fingerprint density at radius 1 is 1.12 bits per heavy atom. The van der Waals surface area contributed by atoms with Crippen molar-refractivity contribution in [3.63, 3.8) is 0 Å². The number of unbranched alkanes of at least 4 members (excludes halogenated alkanes) is 5. The van der Waals surface area contributed by atoms with Gasteiger partial charge in [0, 0.05) is 5.56 Å². The normalized spacial score (nSPS) is 10.5. The molecule has 0 saturated carbocycles. The van der Waals surface area contributed by atoms with Crippen molar-refractivity contribution < 1.29 is 9.18 Å². The lowest BCUT2D eigenvalue weighted by Gasteiger charge is -2.05. The first kappa shape index (κ1) is 13.9. The van der Waals surface area contributed by atoms with E-state index in [1.165, 1.54) is 37.8 Å². The zero-order valence-electron chi connectivity index (χ0n) is 10.5. The summed E-state index contributed by atoms with van der Waals surface area (Å²) in [4.78, 5) is 10.8. The van der Waals surface area contributed by atoms with Gasteiger partial charge in [0.25, 0.3) is 0 Å². The van der Waals surface area contributed by atoms with Gasteiger partial charge in [-0.2, -0.15) is 0 Å². The van der Waals surface area contributed by atoms with Crippen molar-refractivity contribution in [3.05, 3.63) is 35.1 Å². The van der Waals surface area contributed by atoms with Gasteiger partial charge in [-0.15, -0.1) is 0 Å². The van der Waals surface area contributed by atoms with Gasteiger partial charge in [0.15, 0.2) is 0 Å². The molecule has 0 spiro atoms. The van der Waals surface area contributed by atoms with Crippen molar-refractivity contribution in [1.29, 1.82) is 0 Å². The van der Waals surface area contributed by atoms with Crippen molar-refractivity contribution in [3.8, 4) is 0 Å². The van der Waals surface area contributed by atoms with Gasteiger partial charge >= 0.3 is 0 Å². The van der Waals surface area contributed by atoms with Crippen LogP contribution in [0.5, 0.6) is 0 Å². The van der Waals surface area contributed by atoms with Gasteiger partial charge in [-0.1, -0.05) is 39.0 Å². The molecule has 0 aliphatic carbocycles. The highest BCUT2D eigenvalue weighted by Crippen LogP contribution is 2.14. The van der Waals surface area contributed by atoms with Crippen molar-refractivity contribution in [2.75, 3.05) is 0 Å². The van der Waals surface area contributed by atoms with Crippen LogP contribution in [0.3, 0.4) is 0 Å². The molecular formula is C15H21FO. The summed E-state index contributed by atoms with van der Waals surface area (Å²) >= 11 is 0. The lowest BCUT2D eigenvalue weighted by molar-refractivity contribution is 0.112. The van der Waals surface area contributed by atoms with Gasteiger partial charge in [-0.3, -0.25) is 4.79 Å². The van der Waals surface area contributed by atoms with Gasteiger partial charge in [0.1, 0.15) is 12.1 Å². The summed E-state index contributed by atoms with van der Waals surface area (Å²) in [5.41, 5.74) is 1.47. The second-order valence-electron chi connectivity index (χ2n) is 4.48. The molecule has 0 unspecified atom stereocenters. The zero-order valence-corrected chi connectivity index (χ0v) is 10.5. The maximum Gasteiger partial charge on any atom is 0.150 e. The largest absolute Gasteiger partial charge is 0.298 e. The van der Waals surface area contributed by atoms with Crippen LogP contribution in [0.25, 0.3) is 0 Å². The van der Waals surface area contributed by atoms with E-state index >= 15 is 0 Å². The maximum atomic E-state index is 13.0. The van der Waals surface area contributed by atoms with E-state index in [4.69, 9.17) is 0 Å². The molecule has 94 valence electrons. The SMILES string of the molecule is CCCCCCCCc1cc(F)ccc1C=O. The van der Waals surface area contributed by atoms with E-state index in [1.54, 1.807) is 6.07 Å². The molecule has 0 saturated heterocycles. The fraction of sp³-hybridized carbons (Fsp3) is 0.533. The highest BCUT2D eigenvalue weighted by Gasteiger charge is 2.03. The Balaban J connectivity index is 2.35. The van der Waals surface area contributed by atoms with Crippen LogP contribution in [-0.4, -0.2) is 6.29 Å². The van der Waals surface area contributed by atoms with Crippen molar-refractivity contribution >= 4 is 6.29 Å². The summed E-state index contributed by atoms with van der Waals surface area (Å²) < 4.78 is 13.0. The average Bonchev–Trinajstić information content (AvgIpc) is 2.34. The van der Waals surface area contributed by atoms with Gasteiger partial charge in [0.05, 0.1) is 0 Å². The molecule has 2 heteroatoms. The highest BCUT2D eigenvalue weighted by molar-refractivity contribution is 5.77. The van der Waals surface area contributed by atoms with Gasteiger partial charge in [-0.25, -0.2) is 4.39 Å². The number of rotatable bonds is 8. The van der Waals surface area contributed by atoms with E-state index in [0.29, 0.717) is 5.56 Å². The van der Waals surface area contributed by atoms with Crippen molar-refractivity contribution in [2.24, 2.45) is 0 Å². The van der Waals surface area contributed by atoms with E-state index in [1.807, 2.05) is 0 Å². The Morgan fingerprint density at radius 3 is 2.53 bits per heavy atom. The first-order chi connectivity index (χ1) is 8.27. The number of hydrogen-bond acceptors (Lipinski definition) is 1. The number of aryl methyl sites for hydroxylation is 1. The fourth-order valence-corrected chi connectivity index (χ4v) is 2.00. The van der Waals surface area contributed by atoms with Crippen molar-refractivity contribution in [1.82, 2.24) is 0 Å². The summed E-state index contributed by atoms with van der Waals surface area (Å²) in [6, 6.07) is 4.39. The third-order valence-corrected chi connectivity index (χ3v) is 3.03. The summed E-state index contributed by atoms with van der Waals surface area (Å²) in [5.74, 6) is -0.253. The first-order valence-corrected chi connectivity index (χ1v) is 6.51. The third-order valence-electron chi connectivity index (χ3n) is 3.03. The number of hydrogen-bond donors (Lipinski definition) is 0. The van der Waals surface area contributed by atoms with Crippen LogP contribution in [0.1, 0.15) is 61.4 Å². The minimum absolute atomic E-state index is 0.253. The number of halogens is 1. The molecular weight excluding hydrogens is 215 g/mol. The number of carbonyl (C=O) groups is 1. The summed E-state index contributed by atoms with van der Waals surface area (Å²) in [5, 5.41) is 0. The monoisotopic (exact) mass is 236 g/mol. The van der Waals surface area contributed by atoms with Gasteiger partial charge in [-0.05, 0) is 36.6 Å². The van der Waals surface area contributed by atoms with Crippen LogP contribution < -0.4 is 0 Å². The minimum Gasteiger partial charge on any atom is -0.298 e. The third kappa shape index (κ3) is 5.12. The molecule has 0 aliphatic rings. The predicted molar refractivity (Wildman–Crippen MR) is 68.9 cm³/mol. The molecule has 0 heterocycles. The summed E-state index contributed by atoms with van der Waals surface area (Å²) in [6.07, 6.45) is 8.87. The van der Waals surface area contributed by atoms with Gasteiger partial charge in [0.2, 0.25) is 0 Å². The molecule has 1 aromatic carbocycles. The van der Waals surface area contributed by atoms with Gasteiger partial charge < -0.3 is 0 Å². The molecule has 17 heavy (non-hydrogen) atoms. The number of aldehydes is 1. The maximum absolute atomic E-state index is 13.0. The van der Waals surface area contributed by atoms with Crippen LogP contribution in [0.4, 0.5) is 4.39 Å². The fourth-order valence-electron chi connectivity index (χ4n) is 2.00. The Labute approximate surface area is 103 Å². The molecule has 1 rings (SSSR count). The van der Waals surface area contributed by atoms with Crippen LogP contribution in [-0.2, 0) is 6.42 Å². The Morgan fingerprint density at radius 2 is 1.82 bits per heavy atom. The van der Waals surface area contributed by atoms with E-state index in [0.717, 1.165) is 31.1 Å². The Kier molecular flexibility index (Phi) is 6.53. The van der Waals surface area contributed by atoms with Crippen LogP contribution in [0, 0.1) is 5.82 Å². The predicted octanol–water partition coefficient (Wildman–Crippen LogP) is 4.54. The smallest absolute Gasteiger partial charge is 0.150 e. The number of benzene rings is 1. The molecule has 0 atom stereocenters. The summed E-state index contributed by atoms with van der Waals surface area (Å²) in [7, 11) is 0. The molecule has 0 fully saturated rings. The van der Waals surface area contributed by atoms with Crippen LogP contribution >= 0.6 is 0 Å². The average molecular weight is 236 g/mol. The first-order valence-electron chi connectivity index (χ1n) is 6.51. The molecule has 0 N–H and O–H groups in total. The lowest BCUT2D eigenvalue weighted by atomic mass is 10.0. The second kappa shape index (κ2) is 7.99. The second-order valence-corrected chi connectivity index (χ2v) is 4.48. The topological polar surface area (TPSA) is 17.1 Å². The van der Waals surface area contributed by atoms with E-state index < -0.39 is 0 Å². The molecule has 0 bridgehead atoms. The summed E-state index contributed by atoms with van der Waals surface area (Å²) in [6.45, 7) is 2.20. The van der Waals surface area contributed by atoms with Crippen molar-refractivity contribution in [2.45, 2.75) is 51.9 Å². The number of carbonyl (C=O) groups excluding carboxylic acids is 1. The van der Waals surface area contributed by atoms with E-state index in [9.17, 15) is 9.18 Å². The molecule has 1 aromatic rings. The minimum atomic E-state index is -0.253. The molecule has 0 amide bonds. The molecule has 0 radical (unpaired) electrons. The van der Waals surface area contributed by atoms with E-state index in [2.05, 4.69) is 6.92 Å². The standard InChI is InChI=1S/C15H21FO/c1-2-3-4-5-6-7-8-13-11-15(16)10-9-14(13)12-17/h9-12H,2-8H2,1H3. The van der Waals surface area contributed by atoms with E-state index in [-0.39, 0.29) is 5.82 Å². The molecule has 1 nitrogen and oxygen atoms in total. The quantitative estimate of drug-likeness (QED) is 0.478. The zero-order chi connectivity index (χ0) is 12.5. The molecule has 0 aliphatic heterocycles. The highest BCUT2D eigenvalue weighted by atomic mass is 19.1. The molecule has 0 aromatic heterocycles.